The summed E-state index contributed by atoms with van der Waals surface area (Å²) in [4.78, 5) is 0. The van der Waals surface area contributed by atoms with Crippen molar-refractivity contribution in [2.24, 2.45) is 11.8 Å². The van der Waals surface area contributed by atoms with E-state index in [1.165, 1.54) is 0 Å². The lowest BCUT2D eigenvalue weighted by molar-refractivity contribution is 0.121. The smallest absolute Gasteiger partial charge is 0.0661 e. The van der Waals surface area contributed by atoms with Crippen LogP contribution in [0.3, 0.4) is 0 Å². The lowest BCUT2D eigenvalue weighted by Gasteiger charge is -2.43. The molecule has 1 aliphatic carbocycles. The molecule has 0 aromatic heterocycles. The minimum Gasteiger partial charge on any atom is -0.394 e. The predicted molar refractivity (Wildman–Crippen MR) is 84.8 cm³/mol. The topological polar surface area (TPSA) is 32.3 Å². The van der Waals surface area contributed by atoms with Crippen LogP contribution >= 0.6 is 27.5 Å². The van der Waals surface area contributed by atoms with Crippen LogP contribution in [0.25, 0.3) is 0 Å². The third-order valence-corrected chi connectivity index (χ3v) is 5.61. The second kappa shape index (κ2) is 6.02. The van der Waals surface area contributed by atoms with Crippen LogP contribution in [0, 0.1) is 11.8 Å². The van der Waals surface area contributed by atoms with Gasteiger partial charge in [0.05, 0.1) is 17.2 Å². The Morgan fingerprint density at radius 2 is 2.16 bits per heavy atom. The molecule has 2 rings (SSSR count). The third kappa shape index (κ3) is 3.45. The van der Waals surface area contributed by atoms with Gasteiger partial charge in [-0.2, -0.15) is 0 Å². The molecule has 0 heterocycles. The van der Waals surface area contributed by atoms with E-state index in [0.717, 1.165) is 35.3 Å². The monoisotopic (exact) mass is 345 g/mol. The second-order valence-electron chi connectivity index (χ2n) is 5.89. The first-order valence-corrected chi connectivity index (χ1v) is 7.97. The summed E-state index contributed by atoms with van der Waals surface area (Å²) in [7, 11) is 0. The highest BCUT2D eigenvalue weighted by molar-refractivity contribution is 9.10. The van der Waals surface area contributed by atoms with Gasteiger partial charge in [-0.3, -0.25) is 0 Å². The molecule has 3 unspecified atom stereocenters. The highest BCUT2D eigenvalue weighted by Gasteiger charge is 2.37. The largest absolute Gasteiger partial charge is 0.394 e. The van der Waals surface area contributed by atoms with Gasteiger partial charge in [-0.25, -0.2) is 0 Å². The van der Waals surface area contributed by atoms with Gasteiger partial charge in [0.1, 0.15) is 0 Å². The molecule has 1 aromatic rings. The Kier molecular flexibility index (Phi) is 4.80. The Hall–Kier alpha value is -0.250. The maximum Gasteiger partial charge on any atom is 0.0661 e. The summed E-state index contributed by atoms with van der Waals surface area (Å²) in [5, 5.41) is 14.1. The van der Waals surface area contributed by atoms with Crippen LogP contribution in [0.2, 0.25) is 5.02 Å². The normalized spacial score (nSPS) is 31.2. The van der Waals surface area contributed by atoms with Crippen molar-refractivity contribution in [3.05, 3.63) is 27.7 Å². The SMILES string of the molecule is CC1CCC(CO)(Nc2ccc(Cl)c(Br)c2)CC1C. The van der Waals surface area contributed by atoms with E-state index in [9.17, 15) is 5.11 Å². The van der Waals surface area contributed by atoms with Gasteiger partial charge in [0.15, 0.2) is 0 Å². The van der Waals surface area contributed by atoms with E-state index in [0.29, 0.717) is 10.9 Å². The van der Waals surface area contributed by atoms with E-state index < -0.39 is 0 Å². The number of rotatable bonds is 3. The van der Waals surface area contributed by atoms with Crippen molar-refractivity contribution in [2.75, 3.05) is 11.9 Å². The molecule has 0 spiro atoms. The first-order valence-electron chi connectivity index (χ1n) is 6.80. The third-order valence-electron chi connectivity index (χ3n) is 4.39. The summed E-state index contributed by atoms with van der Waals surface area (Å²) < 4.78 is 0.879. The molecule has 1 aliphatic rings. The molecule has 0 radical (unpaired) electrons. The molecule has 1 saturated carbocycles. The highest BCUT2D eigenvalue weighted by Crippen LogP contribution is 2.38. The predicted octanol–water partition coefficient (Wildman–Crippen LogP) is 4.70. The van der Waals surface area contributed by atoms with Gasteiger partial charge < -0.3 is 10.4 Å². The minimum absolute atomic E-state index is 0.171. The molecule has 4 heteroatoms. The minimum atomic E-state index is -0.195. The number of halogens is 2. The molecule has 0 bridgehead atoms. The molecule has 2 nitrogen and oxygen atoms in total. The molecule has 106 valence electrons. The van der Waals surface area contributed by atoms with Crippen LogP contribution in [-0.2, 0) is 0 Å². The molecular formula is C15H21BrClNO. The average molecular weight is 347 g/mol. The molecule has 1 aromatic carbocycles. The number of aliphatic hydroxyl groups excluding tert-OH is 1. The summed E-state index contributed by atoms with van der Waals surface area (Å²) in [5.41, 5.74) is 0.811. The lowest BCUT2D eigenvalue weighted by Crippen LogP contribution is -2.47. The van der Waals surface area contributed by atoms with Gasteiger partial charge in [-0.05, 0) is 65.2 Å². The molecule has 19 heavy (non-hydrogen) atoms. The van der Waals surface area contributed by atoms with Crippen LogP contribution in [0.5, 0.6) is 0 Å². The van der Waals surface area contributed by atoms with Crippen molar-refractivity contribution in [3.8, 4) is 0 Å². The Balaban J connectivity index is 2.16. The number of benzene rings is 1. The Labute approximate surface area is 128 Å². The van der Waals surface area contributed by atoms with Gasteiger partial charge in [0, 0.05) is 10.2 Å². The van der Waals surface area contributed by atoms with Crippen molar-refractivity contribution >= 4 is 33.2 Å². The van der Waals surface area contributed by atoms with Crippen molar-refractivity contribution in [2.45, 2.75) is 38.6 Å². The standard InChI is InChI=1S/C15H21BrClNO/c1-10-5-6-15(9-19,8-11(10)2)18-12-3-4-14(17)13(16)7-12/h3-4,7,10-11,18-19H,5-6,8-9H2,1-2H3. The van der Waals surface area contributed by atoms with Crippen molar-refractivity contribution < 1.29 is 5.11 Å². The maximum atomic E-state index is 9.83. The van der Waals surface area contributed by atoms with Gasteiger partial charge in [-0.1, -0.05) is 25.4 Å². The summed E-state index contributed by atoms with van der Waals surface area (Å²) in [5.74, 6) is 1.36. The number of anilines is 1. The van der Waals surface area contributed by atoms with Crippen LogP contribution in [0.1, 0.15) is 33.1 Å². The van der Waals surface area contributed by atoms with Gasteiger partial charge in [-0.15, -0.1) is 0 Å². The van der Waals surface area contributed by atoms with E-state index in [1.807, 2.05) is 18.2 Å². The molecular weight excluding hydrogens is 326 g/mol. The Bertz CT molecular complexity index is 454. The number of hydrogen-bond donors (Lipinski definition) is 2. The zero-order valence-corrected chi connectivity index (χ0v) is 13.8. The zero-order valence-electron chi connectivity index (χ0n) is 11.4. The summed E-state index contributed by atoms with van der Waals surface area (Å²) in [6.07, 6.45) is 3.17. The van der Waals surface area contributed by atoms with Gasteiger partial charge >= 0.3 is 0 Å². The van der Waals surface area contributed by atoms with Crippen LogP contribution in [0.15, 0.2) is 22.7 Å². The van der Waals surface area contributed by atoms with Crippen molar-refractivity contribution in [1.82, 2.24) is 0 Å². The fourth-order valence-corrected chi connectivity index (χ4v) is 3.38. The summed E-state index contributed by atoms with van der Waals surface area (Å²) in [6, 6.07) is 5.81. The number of aliphatic hydroxyl groups is 1. The molecule has 1 fully saturated rings. The summed E-state index contributed by atoms with van der Waals surface area (Å²) in [6.45, 7) is 4.74. The fraction of sp³-hybridized carbons (Fsp3) is 0.600. The van der Waals surface area contributed by atoms with Crippen molar-refractivity contribution in [1.29, 1.82) is 0 Å². The van der Waals surface area contributed by atoms with E-state index in [2.05, 4.69) is 35.1 Å². The number of nitrogens with one attached hydrogen (secondary N) is 1. The molecule has 0 aliphatic heterocycles. The first kappa shape index (κ1) is 15.1. The molecule has 0 saturated heterocycles. The Morgan fingerprint density at radius 3 is 2.74 bits per heavy atom. The van der Waals surface area contributed by atoms with E-state index in [4.69, 9.17) is 11.6 Å². The van der Waals surface area contributed by atoms with Crippen LogP contribution < -0.4 is 5.32 Å². The van der Waals surface area contributed by atoms with Gasteiger partial charge in [0.2, 0.25) is 0 Å². The van der Waals surface area contributed by atoms with E-state index in [-0.39, 0.29) is 12.1 Å². The van der Waals surface area contributed by atoms with E-state index in [1.54, 1.807) is 0 Å². The Morgan fingerprint density at radius 1 is 1.42 bits per heavy atom. The molecule has 0 amide bonds. The highest BCUT2D eigenvalue weighted by atomic mass is 79.9. The maximum absolute atomic E-state index is 9.83. The lowest BCUT2D eigenvalue weighted by atomic mass is 9.71. The average Bonchev–Trinajstić information content (AvgIpc) is 2.39. The second-order valence-corrected chi connectivity index (χ2v) is 7.15. The quantitative estimate of drug-likeness (QED) is 0.831. The fourth-order valence-electron chi connectivity index (χ4n) is 2.88. The van der Waals surface area contributed by atoms with Gasteiger partial charge in [0.25, 0.3) is 0 Å². The number of hydrogen-bond acceptors (Lipinski definition) is 2. The van der Waals surface area contributed by atoms with E-state index >= 15 is 0 Å². The summed E-state index contributed by atoms with van der Waals surface area (Å²) >= 11 is 9.45. The van der Waals surface area contributed by atoms with Crippen molar-refractivity contribution in [3.63, 3.8) is 0 Å². The molecule has 2 N–H and O–H groups in total. The molecule has 3 atom stereocenters. The first-order chi connectivity index (χ1) is 8.96. The van der Waals surface area contributed by atoms with Crippen LogP contribution in [0.4, 0.5) is 5.69 Å². The zero-order chi connectivity index (χ0) is 14.0. The van der Waals surface area contributed by atoms with Crippen LogP contribution in [-0.4, -0.2) is 17.3 Å².